The molecule has 0 bridgehead atoms. The van der Waals surface area contributed by atoms with E-state index >= 15 is 0 Å². The van der Waals surface area contributed by atoms with E-state index in [0.717, 1.165) is 44.4 Å². The molecule has 0 saturated carbocycles. The van der Waals surface area contributed by atoms with Gasteiger partial charge in [0.2, 0.25) is 0 Å². The van der Waals surface area contributed by atoms with E-state index in [0.29, 0.717) is 6.54 Å². The smallest absolute Gasteiger partial charge is 0.311 e. The van der Waals surface area contributed by atoms with Crippen LogP contribution in [0.4, 0.5) is 5.69 Å². The molecule has 1 atom stereocenters. The summed E-state index contributed by atoms with van der Waals surface area (Å²) in [5.41, 5.74) is -0.317. The third-order valence-electron chi connectivity index (χ3n) is 3.46. The van der Waals surface area contributed by atoms with Crippen LogP contribution in [0.15, 0.2) is 18.2 Å². The van der Waals surface area contributed by atoms with Crippen molar-refractivity contribution in [3.8, 4) is 5.75 Å². The Labute approximate surface area is 122 Å². The molecule has 1 heterocycles. The fourth-order valence-electron chi connectivity index (χ4n) is 2.29. The average molecular weight is 294 g/mol. The molecular weight excluding hydrogens is 276 g/mol. The van der Waals surface area contributed by atoms with Gasteiger partial charge in [-0.2, -0.15) is 0 Å². The van der Waals surface area contributed by atoms with Crippen molar-refractivity contribution >= 4 is 11.6 Å². The van der Waals surface area contributed by atoms with Gasteiger partial charge in [-0.1, -0.05) is 0 Å². The van der Waals surface area contributed by atoms with Crippen molar-refractivity contribution in [1.29, 1.82) is 0 Å². The lowest BCUT2D eigenvalue weighted by molar-refractivity contribution is -0.385. The van der Waals surface area contributed by atoms with Crippen molar-refractivity contribution in [1.82, 2.24) is 5.32 Å². The first kappa shape index (κ1) is 15.2. The summed E-state index contributed by atoms with van der Waals surface area (Å²) in [6.45, 7) is 1.22. The van der Waals surface area contributed by atoms with E-state index in [-0.39, 0.29) is 11.7 Å². The number of nitro groups is 1. The van der Waals surface area contributed by atoms with E-state index in [1.54, 1.807) is 0 Å². The molecule has 1 aromatic rings. The lowest BCUT2D eigenvalue weighted by atomic mass is 10.1. The predicted octanol–water partition coefficient (Wildman–Crippen LogP) is 1.99. The number of nitrogens with one attached hydrogen (secondary N) is 1. The third-order valence-corrected chi connectivity index (χ3v) is 3.46. The van der Waals surface area contributed by atoms with Crippen LogP contribution in [0.3, 0.4) is 0 Å². The Kier molecular flexibility index (Phi) is 5.10. The number of nitrogens with zero attached hydrogens (tertiary/aromatic N) is 1. The Morgan fingerprint density at radius 3 is 2.95 bits per heavy atom. The van der Waals surface area contributed by atoms with Gasteiger partial charge in [-0.05, 0) is 37.8 Å². The molecule has 1 aromatic carbocycles. The standard InChI is InChI=1S/C14H18N2O5/c17-13-5-4-10(9-12(13)16(19)20)14(18)15-7-6-11-3-1-2-8-21-11/h4-5,9,11,17H,1-3,6-8H2,(H,15,18)/t11-/m1/s1. The zero-order valence-electron chi connectivity index (χ0n) is 11.6. The van der Waals surface area contributed by atoms with Gasteiger partial charge in [0.15, 0.2) is 5.75 Å². The number of phenolic OH excluding ortho intramolecular Hbond substituents is 1. The van der Waals surface area contributed by atoms with Crippen LogP contribution in [-0.2, 0) is 4.74 Å². The minimum Gasteiger partial charge on any atom is -0.502 e. The second kappa shape index (κ2) is 7.03. The summed E-state index contributed by atoms with van der Waals surface area (Å²) in [7, 11) is 0. The van der Waals surface area contributed by atoms with Crippen LogP contribution in [0.5, 0.6) is 5.75 Å². The van der Waals surface area contributed by atoms with Gasteiger partial charge in [0, 0.05) is 24.8 Å². The van der Waals surface area contributed by atoms with Gasteiger partial charge >= 0.3 is 5.69 Å². The molecule has 0 aromatic heterocycles. The number of ether oxygens (including phenoxy) is 1. The molecule has 7 nitrogen and oxygen atoms in total. The molecule has 1 fully saturated rings. The maximum Gasteiger partial charge on any atom is 0.311 e. The number of nitro benzene ring substituents is 1. The first-order valence-corrected chi connectivity index (χ1v) is 6.95. The number of hydrogen-bond acceptors (Lipinski definition) is 5. The van der Waals surface area contributed by atoms with Crippen molar-refractivity contribution in [2.75, 3.05) is 13.2 Å². The Hall–Kier alpha value is -2.15. The van der Waals surface area contributed by atoms with Crippen LogP contribution >= 0.6 is 0 Å². The zero-order chi connectivity index (χ0) is 15.2. The summed E-state index contributed by atoms with van der Waals surface area (Å²) in [6.07, 6.45) is 4.13. The molecule has 114 valence electrons. The SMILES string of the molecule is O=C(NCC[C@H]1CCCCO1)c1ccc(O)c([N+](=O)[O-])c1. The zero-order valence-corrected chi connectivity index (χ0v) is 11.6. The van der Waals surface area contributed by atoms with Crippen molar-refractivity contribution in [2.45, 2.75) is 31.8 Å². The molecule has 0 radical (unpaired) electrons. The fraction of sp³-hybridized carbons (Fsp3) is 0.500. The molecule has 1 amide bonds. The molecule has 1 aliphatic rings. The van der Waals surface area contributed by atoms with Crippen molar-refractivity contribution in [3.05, 3.63) is 33.9 Å². The number of phenols is 1. The molecule has 1 saturated heterocycles. The number of rotatable bonds is 5. The maximum atomic E-state index is 11.9. The average Bonchev–Trinajstić information content (AvgIpc) is 2.48. The van der Waals surface area contributed by atoms with E-state index in [1.165, 1.54) is 6.07 Å². The van der Waals surface area contributed by atoms with Gasteiger partial charge in [0.25, 0.3) is 5.91 Å². The van der Waals surface area contributed by atoms with Crippen LogP contribution in [0.2, 0.25) is 0 Å². The number of benzene rings is 1. The van der Waals surface area contributed by atoms with Gasteiger partial charge in [-0.25, -0.2) is 0 Å². The lowest BCUT2D eigenvalue weighted by Gasteiger charge is -2.22. The third kappa shape index (κ3) is 4.16. The first-order valence-electron chi connectivity index (χ1n) is 6.95. The van der Waals surface area contributed by atoms with Crippen LogP contribution in [-0.4, -0.2) is 35.2 Å². The van der Waals surface area contributed by atoms with Crippen molar-refractivity contribution in [2.24, 2.45) is 0 Å². The van der Waals surface area contributed by atoms with E-state index in [2.05, 4.69) is 5.32 Å². The Bertz CT molecular complexity index is 526. The predicted molar refractivity (Wildman–Crippen MR) is 75.3 cm³/mol. The number of carbonyl (C=O) groups excluding carboxylic acids is 1. The summed E-state index contributed by atoms with van der Waals surface area (Å²) in [4.78, 5) is 21.9. The number of amides is 1. The van der Waals surface area contributed by atoms with Gasteiger partial charge in [0.05, 0.1) is 11.0 Å². The van der Waals surface area contributed by atoms with Gasteiger partial charge in [-0.3, -0.25) is 14.9 Å². The lowest BCUT2D eigenvalue weighted by Crippen LogP contribution is -2.29. The summed E-state index contributed by atoms with van der Waals surface area (Å²) in [6, 6.07) is 3.58. The van der Waals surface area contributed by atoms with Gasteiger partial charge < -0.3 is 15.2 Å². The van der Waals surface area contributed by atoms with Crippen LogP contribution in [0.1, 0.15) is 36.0 Å². The van der Waals surface area contributed by atoms with Crippen LogP contribution < -0.4 is 5.32 Å². The highest BCUT2D eigenvalue weighted by Gasteiger charge is 2.18. The summed E-state index contributed by atoms with van der Waals surface area (Å²) in [5.74, 6) is -0.846. The molecule has 0 unspecified atom stereocenters. The van der Waals surface area contributed by atoms with E-state index in [4.69, 9.17) is 4.74 Å². The molecule has 2 N–H and O–H groups in total. The summed E-state index contributed by atoms with van der Waals surface area (Å²) in [5, 5.41) is 22.8. The molecule has 0 aliphatic carbocycles. The molecule has 7 heteroatoms. The quantitative estimate of drug-likeness (QED) is 0.638. The Balaban J connectivity index is 1.88. The topological polar surface area (TPSA) is 102 Å². The second-order valence-electron chi connectivity index (χ2n) is 4.99. The van der Waals surface area contributed by atoms with E-state index in [9.17, 15) is 20.0 Å². The van der Waals surface area contributed by atoms with E-state index in [1.807, 2.05) is 0 Å². The Morgan fingerprint density at radius 1 is 1.48 bits per heavy atom. The highest BCUT2D eigenvalue weighted by Crippen LogP contribution is 2.26. The van der Waals surface area contributed by atoms with Crippen LogP contribution in [0, 0.1) is 10.1 Å². The van der Waals surface area contributed by atoms with E-state index < -0.39 is 22.3 Å². The molecule has 0 spiro atoms. The fourth-order valence-corrected chi connectivity index (χ4v) is 2.29. The largest absolute Gasteiger partial charge is 0.502 e. The number of carbonyl (C=O) groups is 1. The minimum absolute atomic E-state index is 0.157. The highest BCUT2D eigenvalue weighted by atomic mass is 16.6. The number of hydrogen-bond donors (Lipinski definition) is 2. The highest BCUT2D eigenvalue weighted by molar-refractivity contribution is 5.95. The molecule has 2 rings (SSSR count). The minimum atomic E-state index is -0.720. The summed E-state index contributed by atoms with van der Waals surface area (Å²) < 4.78 is 5.56. The Morgan fingerprint density at radius 2 is 2.29 bits per heavy atom. The molecular formula is C14H18N2O5. The first-order chi connectivity index (χ1) is 10.1. The van der Waals surface area contributed by atoms with Crippen molar-refractivity contribution < 1.29 is 19.6 Å². The second-order valence-corrected chi connectivity index (χ2v) is 4.99. The van der Waals surface area contributed by atoms with Gasteiger partial charge in [0.1, 0.15) is 0 Å². The van der Waals surface area contributed by atoms with Crippen LogP contribution in [0.25, 0.3) is 0 Å². The maximum absolute atomic E-state index is 11.9. The van der Waals surface area contributed by atoms with Crippen molar-refractivity contribution in [3.63, 3.8) is 0 Å². The summed E-state index contributed by atoms with van der Waals surface area (Å²) >= 11 is 0. The molecule has 1 aliphatic heterocycles. The number of aromatic hydroxyl groups is 1. The normalized spacial score (nSPS) is 18.2. The van der Waals surface area contributed by atoms with Gasteiger partial charge in [-0.15, -0.1) is 0 Å². The monoisotopic (exact) mass is 294 g/mol. The molecule has 21 heavy (non-hydrogen) atoms.